The fraction of sp³-hybridized carbons (Fsp3) is 0.409. The van der Waals surface area contributed by atoms with Crippen molar-refractivity contribution in [1.29, 1.82) is 0 Å². The zero-order valence-electron chi connectivity index (χ0n) is 15.7. The highest BCUT2D eigenvalue weighted by Crippen LogP contribution is 2.20. The van der Waals surface area contributed by atoms with E-state index in [0.717, 1.165) is 44.6 Å². The number of rotatable bonds is 6. The number of anilines is 1. The maximum Gasteiger partial charge on any atom is 0.159 e. The molecule has 3 rings (SSSR count). The first-order chi connectivity index (χ1) is 12.5. The molecule has 0 radical (unpaired) electrons. The van der Waals surface area contributed by atoms with Crippen LogP contribution in [0.2, 0.25) is 0 Å². The second-order valence-corrected chi connectivity index (χ2v) is 7.18. The second kappa shape index (κ2) is 8.37. The van der Waals surface area contributed by atoms with Gasteiger partial charge in [0.25, 0.3) is 0 Å². The number of carbonyl (C=O) groups excluding carboxylic acids is 1. The number of ketones is 1. The van der Waals surface area contributed by atoms with Crippen molar-refractivity contribution in [2.24, 2.45) is 0 Å². The van der Waals surface area contributed by atoms with Crippen LogP contribution in [0, 0.1) is 0 Å². The topological polar surface area (TPSA) is 43.8 Å². The van der Waals surface area contributed by atoms with Crippen LogP contribution in [0.4, 0.5) is 5.69 Å². The summed E-state index contributed by atoms with van der Waals surface area (Å²) in [5.41, 5.74) is 3.25. The van der Waals surface area contributed by atoms with Gasteiger partial charge in [0.1, 0.15) is 5.75 Å². The van der Waals surface area contributed by atoms with E-state index in [9.17, 15) is 9.90 Å². The second-order valence-electron chi connectivity index (χ2n) is 7.18. The molecule has 2 aromatic carbocycles. The highest BCUT2D eigenvalue weighted by atomic mass is 16.3. The average Bonchev–Trinajstić information content (AvgIpc) is 2.67. The van der Waals surface area contributed by atoms with Crippen LogP contribution in [0.5, 0.6) is 5.75 Å². The summed E-state index contributed by atoms with van der Waals surface area (Å²) < 4.78 is 0. The van der Waals surface area contributed by atoms with Gasteiger partial charge in [-0.25, -0.2) is 0 Å². The zero-order chi connectivity index (χ0) is 18.5. The van der Waals surface area contributed by atoms with Crippen LogP contribution in [0.1, 0.15) is 36.2 Å². The van der Waals surface area contributed by atoms with E-state index in [4.69, 9.17) is 0 Å². The van der Waals surface area contributed by atoms with Crippen molar-refractivity contribution in [2.45, 2.75) is 32.7 Å². The van der Waals surface area contributed by atoms with Crippen LogP contribution in [-0.4, -0.2) is 48.0 Å². The molecule has 1 aliphatic heterocycles. The Morgan fingerprint density at radius 2 is 1.62 bits per heavy atom. The van der Waals surface area contributed by atoms with Gasteiger partial charge in [0.15, 0.2) is 5.78 Å². The number of hydrogen-bond acceptors (Lipinski definition) is 4. The maximum atomic E-state index is 11.4. The van der Waals surface area contributed by atoms with Crippen LogP contribution >= 0.6 is 0 Å². The van der Waals surface area contributed by atoms with Crippen molar-refractivity contribution in [3.8, 4) is 5.75 Å². The normalized spacial score (nSPS) is 16.5. The quantitative estimate of drug-likeness (QED) is 0.805. The Morgan fingerprint density at radius 1 is 1.00 bits per heavy atom. The van der Waals surface area contributed by atoms with Gasteiger partial charge in [-0.3, -0.25) is 9.69 Å². The molecular weight excluding hydrogens is 324 g/mol. The van der Waals surface area contributed by atoms with Crippen molar-refractivity contribution in [2.75, 3.05) is 31.1 Å². The van der Waals surface area contributed by atoms with Gasteiger partial charge < -0.3 is 10.0 Å². The molecule has 1 aliphatic rings. The van der Waals surface area contributed by atoms with Gasteiger partial charge in [-0.05, 0) is 68.7 Å². The summed E-state index contributed by atoms with van der Waals surface area (Å²) in [7, 11) is 0. The van der Waals surface area contributed by atoms with E-state index in [1.165, 1.54) is 11.3 Å². The number of carbonyl (C=O) groups is 1. The van der Waals surface area contributed by atoms with Gasteiger partial charge >= 0.3 is 0 Å². The lowest BCUT2D eigenvalue weighted by Gasteiger charge is -2.39. The number of phenolic OH excluding ortho intramolecular Hbond substituents is 1. The molecule has 1 N–H and O–H groups in total. The summed E-state index contributed by atoms with van der Waals surface area (Å²) in [6, 6.07) is 16.0. The minimum Gasteiger partial charge on any atom is -0.508 e. The van der Waals surface area contributed by atoms with Crippen molar-refractivity contribution < 1.29 is 9.90 Å². The number of piperazine rings is 1. The third-order valence-corrected chi connectivity index (χ3v) is 5.36. The number of hydrogen-bond donors (Lipinski definition) is 1. The molecule has 0 bridgehead atoms. The molecule has 0 aromatic heterocycles. The summed E-state index contributed by atoms with van der Waals surface area (Å²) in [4.78, 5) is 16.4. The Morgan fingerprint density at radius 3 is 2.19 bits per heavy atom. The first kappa shape index (κ1) is 18.5. The zero-order valence-corrected chi connectivity index (χ0v) is 15.7. The molecule has 0 aliphatic carbocycles. The minimum absolute atomic E-state index is 0.115. The maximum absolute atomic E-state index is 11.4. The number of aryl methyl sites for hydroxylation is 1. The molecule has 0 amide bonds. The summed E-state index contributed by atoms with van der Waals surface area (Å²) in [5.74, 6) is 0.443. The molecule has 4 heteroatoms. The largest absolute Gasteiger partial charge is 0.508 e. The first-order valence-corrected chi connectivity index (χ1v) is 9.41. The predicted octanol–water partition coefficient (Wildman–Crippen LogP) is 3.74. The molecule has 1 fully saturated rings. The van der Waals surface area contributed by atoms with Gasteiger partial charge in [-0.2, -0.15) is 0 Å². The SMILES string of the molecule is CC(=O)c1ccc(N2CCN([C@H](C)CCc3ccc(O)cc3)CC2)cc1. The molecule has 1 heterocycles. The van der Waals surface area contributed by atoms with Crippen LogP contribution in [0.25, 0.3) is 0 Å². The van der Waals surface area contributed by atoms with Crippen molar-refractivity contribution >= 4 is 11.5 Å². The first-order valence-electron chi connectivity index (χ1n) is 9.41. The van der Waals surface area contributed by atoms with E-state index >= 15 is 0 Å². The van der Waals surface area contributed by atoms with E-state index in [0.29, 0.717) is 11.8 Å². The van der Waals surface area contributed by atoms with Gasteiger partial charge in [-0.1, -0.05) is 12.1 Å². The molecule has 2 aromatic rings. The smallest absolute Gasteiger partial charge is 0.159 e. The molecule has 0 spiro atoms. The van der Waals surface area contributed by atoms with Gasteiger partial charge in [0, 0.05) is 43.5 Å². The number of benzene rings is 2. The molecule has 1 saturated heterocycles. The highest BCUT2D eigenvalue weighted by Gasteiger charge is 2.21. The lowest BCUT2D eigenvalue weighted by Crippen LogP contribution is -2.49. The Balaban J connectivity index is 1.48. The van der Waals surface area contributed by atoms with Crippen LogP contribution in [0.15, 0.2) is 48.5 Å². The summed E-state index contributed by atoms with van der Waals surface area (Å²) in [5, 5.41) is 9.37. The Hall–Kier alpha value is -2.33. The number of Topliss-reactive ketones (excluding diaryl/α,β-unsaturated/α-hetero) is 1. The Labute approximate surface area is 156 Å². The van der Waals surface area contributed by atoms with E-state index in [2.05, 4.69) is 28.9 Å². The van der Waals surface area contributed by atoms with Gasteiger partial charge in [0.05, 0.1) is 0 Å². The molecule has 1 atom stereocenters. The standard InChI is InChI=1S/C22H28N2O2/c1-17(3-4-19-5-11-22(26)12-6-19)23-13-15-24(16-14-23)21-9-7-20(8-10-21)18(2)25/h5-12,17,26H,3-4,13-16H2,1-2H3/t17-/m1/s1. The molecule has 26 heavy (non-hydrogen) atoms. The summed E-state index contributed by atoms with van der Waals surface area (Å²) >= 11 is 0. The fourth-order valence-corrected chi connectivity index (χ4v) is 3.55. The lowest BCUT2D eigenvalue weighted by molar-refractivity contribution is 0.101. The van der Waals surface area contributed by atoms with Gasteiger partial charge in [0.2, 0.25) is 0 Å². The van der Waals surface area contributed by atoms with Crippen LogP contribution < -0.4 is 4.90 Å². The Bertz CT molecular complexity index is 717. The fourth-order valence-electron chi connectivity index (χ4n) is 3.55. The number of phenols is 1. The summed E-state index contributed by atoms with van der Waals surface area (Å²) in [6.45, 7) is 8.06. The number of nitrogens with zero attached hydrogens (tertiary/aromatic N) is 2. The van der Waals surface area contributed by atoms with Crippen LogP contribution in [-0.2, 0) is 6.42 Å². The van der Waals surface area contributed by atoms with E-state index in [1.54, 1.807) is 19.1 Å². The van der Waals surface area contributed by atoms with Crippen LogP contribution in [0.3, 0.4) is 0 Å². The number of aromatic hydroxyl groups is 1. The van der Waals surface area contributed by atoms with Crippen molar-refractivity contribution in [1.82, 2.24) is 4.90 Å². The third-order valence-electron chi connectivity index (χ3n) is 5.36. The van der Waals surface area contributed by atoms with Crippen molar-refractivity contribution in [3.05, 3.63) is 59.7 Å². The minimum atomic E-state index is 0.115. The van der Waals surface area contributed by atoms with Gasteiger partial charge in [-0.15, -0.1) is 0 Å². The summed E-state index contributed by atoms with van der Waals surface area (Å²) in [6.07, 6.45) is 2.16. The monoisotopic (exact) mass is 352 g/mol. The molecule has 138 valence electrons. The molecule has 0 saturated carbocycles. The third kappa shape index (κ3) is 4.64. The van der Waals surface area contributed by atoms with E-state index in [1.807, 2.05) is 24.3 Å². The average molecular weight is 352 g/mol. The molecule has 0 unspecified atom stereocenters. The van der Waals surface area contributed by atoms with Crippen molar-refractivity contribution in [3.63, 3.8) is 0 Å². The lowest BCUT2D eigenvalue weighted by atomic mass is 10.0. The molecular formula is C22H28N2O2. The molecule has 4 nitrogen and oxygen atoms in total. The van der Waals surface area contributed by atoms with E-state index < -0.39 is 0 Å². The predicted molar refractivity (Wildman–Crippen MR) is 106 cm³/mol. The highest BCUT2D eigenvalue weighted by molar-refractivity contribution is 5.94. The Kier molecular flexibility index (Phi) is 5.94. The van der Waals surface area contributed by atoms with E-state index in [-0.39, 0.29) is 5.78 Å².